The third-order valence-electron chi connectivity index (χ3n) is 3.97. The molecule has 0 atom stereocenters. The van der Waals surface area contributed by atoms with E-state index in [-0.39, 0.29) is 18.3 Å². The van der Waals surface area contributed by atoms with Crippen LogP contribution in [0.5, 0.6) is 0 Å². The smallest absolute Gasteiger partial charge is 0.234 e. The van der Waals surface area contributed by atoms with Gasteiger partial charge in [-0.1, -0.05) is 18.2 Å². The number of carbonyl (C=O) groups excluding carboxylic acids is 1. The fourth-order valence-corrected chi connectivity index (χ4v) is 2.80. The molecule has 0 bridgehead atoms. The van der Waals surface area contributed by atoms with Gasteiger partial charge in [0.15, 0.2) is 0 Å². The molecule has 3 rings (SSSR count). The molecule has 1 fully saturated rings. The third kappa shape index (κ3) is 4.22. The highest BCUT2D eigenvalue weighted by Gasteiger charge is 2.13. The Kier molecular flexibility index (Phi) is 6.24. The highest BCUT2D eigenvalue weighted by Crippen LogP contribution is 2.17. The number of benzene rings is 1. The van der Waals surface area contributed by atoms with Crippen LogP contribution in [0, 0.1) is 0 Å². The zero-order valence-electron chi connectivity index (χ0n) is 12.6. The van der Waals surface area contributed by atoms with Crippen molar-refractivity contribution < 1.29 is 4.79 Å². The average molecular weight is 323 g/mol. The Morgan fingerprint density at radius 1 is 1.23 bits per heavy atom. The number of H-pyrrole nitrogens is 1. The molecule has 6 heteroatoms. The van der Waals surface area contributed by atoms with Crippen molar-refractivity contribution >= 4 is 29.2 Å². The van der Waals surface area contributed by atoms with Crippen molar-refractivity contribution in [1.82, 2.24) is 20.5 Å². The highest BCUT2D eigenvalue weighted by molar-refractivity contribution is 5.85. The molecule has 3 N–H and O–H groups in total. The van der Waals surface area contributed by atoms with Gasteiger partial charge in [0.05, 0.1) is 6.54 Å². The first-order valence-corrected chi connectivity index (χ1v) is 7.58. The fourth-order valence-electron chi connectivity index (χ4n) is 2.80. The fraction of sp³-hybridized carbons (Fsp3) is 0.438. The number of hydrogen-bond donors (Lipinski definition) is 3. The maximum Gasteiger partial charge on any atom is 0.234 e. The van der Waals surface area contributed by atoms with E-state index in [2.05, 4.69) is 32.7 Å². The SMILES string of the molecule is Cl.O=C(CN1CCNCC1)NCCc1c[nH]c2ccccc12. The minimum absolute atomic E-state index is 0. The lowest BCUT2D eigenvalue weighted by atomic mass is 10.1. The molecule has 22 heavy (non-hydrogen) atoms. The molecule has 2 heterocycles. The molecule has 1 saturated heterocycles. The maximum atomic E-state index is 11.9. The molecule has 120 valence electrons. The van der Waals surface area contributed by atoms with Gasteiger partial charge in [0.1, 0.15) is 0 Å². The second-order valence-corrected chi connectivity index (χ2v) is 5.49. The molecular weight excluding hydrogens is 300 g/mol. The third-order valence-corrected chi connectivity index (χ3v) is 3.97. The van der Waals surface area contributed by atoms with Crippen LogP contribution in [0.3, 0.4) is 0 Å². The first-order valence-electron chi connectivity index (χ1n) is 7.58. The lowest BCUT2D eigenvalue weighted by Gasteiger charge is -2.26. The van der Waals surface area contributed by atoms with Crippen LogP contribution in [0.1, 0.15) is 5.56 Å². The number of nitrogens with one attached hydrogen (secondary N) is 3. The summed E-state index contributed by atoms with van der Waals surface area (Å²) in [6, 6.07) is 8.26. The minimum atomic E-state index is 0. The van der Waals surface area contributed by atoms with E-state index in [1.807, 2.05) is 18.3 Å². The van der Waals surface area contributed by atoms with Crippen LogP contribution in [0.2, 0.25) is 0 Å². The summed E-state index contributed by atoms with van der Waals surface area (Å²) in [5, 5.41) is 7.55. The number of piperazine rings is 1. The molecule has 2 aromatic rings. The van der Waals surface area contributed by atoms with Gasteiger partial charge in [-0.3, -0.25) is 9.69 Å². The molecule has 0 spiro atoms. The van der Waals surface area contributed by atoms with Crippen molar-refractivity contribution in [1.29, 1.82) is 0 Å². The Labute approximate surface area is 136 Å². The van der Waals surface area contributed by atoms with Gasteiger partial charge < -0.3 is 15.6 Å². The monoisotopic (exact) mass is 322 g/mol. The van der Waals surface area contributed by atoms with Crippen LogP contribution in [-0.2, 0) is 11.2 Å². The molecule has 1 amide bonds. The van der Waals surface area contributed by atoms with E-state index >= 15 is 0 Å². The van der Waals surface area contributed by atoms with E-state index in [1.54, 1.807) is 0 Å². The van der Waals surface area contributed by atoms with Gasteiger partial charge in [-0.15, -0.1) is 12.4 Å². The van der Waals surface area contributed by atoms with Crippen LogP contribution >= 0.6 is 12.4 Å². The molecule has 1 aliphatic rings. The Morgan fingerprint density at radius 3 is 2.82 bits per heavy atom. The van der Waals surface area contributed by atoms with Crippen LogP contribution in [-0.4, -0.2) is 55.1 Å². The minimum Gasteiger partial charge on any atom is -0.361 e. The number of hydrogen-bond acceptors (Lipinski definition) is 3. The summed E-state index contributed by atoms with van der Waals surface area (Å²) in [6.07, 6.45) is 2.89. The van der Waals surface area contributed by atoms with Crippen LogP contribution in [0.15, 0.2) is 30.5 Å². The van der Waals surface area contributed by atoms with Crippen LogP contribution in [0.4, 0.5) is 0 Å². The van der Waals surface area contributed by atoms with Gasteiger partial charge in [-0.25, -0.2) is 0 Å². The van der Waals surface area contributed by atoms with Crippen molar-refractivity contribution in [3.63, 3.8) is 0 Å². The largest absolute Gasteiger partial charge is 0.361 e. The van der Waals surface area contributed by atoms with E-state index in [9.17, 15) is 4.79 Å². The molecule has 1 aliphatic heterocycles. The summed E-state index contributed by atoms with van der Waals surface area (Å²) in [7, 11) is 0. The van der Waals surface area contributed by atoms with Gasteiger partial charge in [0.25, 0.3) is 0 Å². The number of para-hydroxylation sites is 1. The zero-order chi connectivity index (χ0) is 14.5. The summed E-state index contributed by atoms with van der Waals surface area (Å²) in [5.74, 6) is 0.122. The summed E-state index contributed by atoms with van der Waals surface area (Å²) in [6.45, 7) is 5.05. The molecule has 1 aromatic carbocycles. The van der Waals surface area contributed by atoms with Gasteiger partial charge in [-0.2, -0.15) is 0 Å². The number of carbonyl (C=O) groups is 1. The van der Waals surface area contributed by atoms with E-state index in [0.717, 1.165) is 38.1 Å². The maximum absolute atomic E-state index is 11.9. The number of amides is 1. The molecular formula is C16H23ClN4O. The van der Waals surface area contributed by atoms with Crippen molar-refractivity contribution in [2.45, 2.75) is 6.42 Å². The molecule has 0 unspecified atom stereocenters. The Bertz CT molecular complexity index is 607. The topological polar surface area (TPSA) is 60.2 Å². The molecule has 0 radical (unpaired) electrons. The van der Waals surface area contributed by atoms with Crippen LogP contribution < -0.4 is 10.6 Å². The van der Waals surface area contributed by atoms with Gasteiger partial charge in [0.2, 0.25) is 5.91 Å². The quantitative estimate of drug-likeness (QED) is 0.774. The first kappa shape index (κ1) is 16.8. The number of aromatic nitrogens is 1. The Morgan fingerprint density at radius 2 is 2.00 bits per heavy atom. The van der Waals surface area contributed by atoms with Crippen molar-refractivity contribution in [2.24, 2.45) is 0 Å². The molecule has 5 nitrogen and oxygen atoms in total. The van der Waals surface area contributed by atoms with Crippen molar-refractivity contribution in [2.75, 3.05) is 39.3 Å². The Hall–Kier alpha value is -1.56. The highest BCUT2D eigenvalue weighted by atomic mass is 35.5. The number of fused-ring (bicyclic) bond motifs is 1. The van der Waals surface area contributed by atoms with Gasteiger partial charge in [-0.05, 0) is 18.1 Å². The normalized spacial score (nSPS) is 15.5. The Balaban J connectivity index is 0.00000176. The second-order valence-electron chi connectivity index (χ2n) is 5.49. The standard InChI is InChI=1S/C16H22N4O.ClH/c21-16(12-20-9-7-17-8-10-20)18-6-5-13-11-19-15-4-2-1-3-14(13)15;/h1-4,11,17,19H,5-10,12H2,(H,18,21);1H. The average Bonchev–Trinajstić information content (AvgIpc) is 2.92. The predicted molar refractivity (Wildman–Crippen MR) is 91.6 cm³/mol. The van der Waals surface area contributed by atoms with E-state index in [1.165, 1.54) is 10.9 Å². The molecule has 0 saturated carbocycles. The number of nitrogens with zero attached hydrogens (tertiary/aromatic N) is 1. The predicted octanol–water partition coefficient (Wildman–Crippen LogP) is 1.15. The summed E-state index contributed by atoms with van der Waals surface area (Å²) >= 11 is 0. The number of halogens is 1. The summed E-state index contributed by atoms with van der Waals surface area (Å²) in [5.41, 5.74) is 2.41. The van der Waals surface area contributed by atoms with E-state index < -0.39 is 0 Å². The summed E-state index contributed by atoms with van der Waals surface area (Å²) in [4.78, 5) is 17.4. The second kappa shape index (κ2) is 8.17. The van der Waals surface area contributed by atoms with E-state index in [4.69, 9.17) is 0 Å². The lowest BCUT2D eigenvalue weighted by Crippen LogP contribution is -2.47. The van der Waals surface area contributed by atoms with Gasteiger partial charge in [0, 0.05) is 49.8 Å². The van der Waals surface area contributed by atoms with Crippen LogP contribution in [0.25, 0.3) is 10.9 Å². The first-order chi connectivity index (χ1) is 10.3. The zero-order valence-corrected chi connectivity index (χ0v) is 13.4. The van der Waals surface area contributed by atoms with Crippen molar-refractivity contribution in [3.8, 4) is 0 Å². The molecule has 1 aromatic heterocycles. The van der Waals surface area contributed by atoms with E-state index in [0.29, 0.717) is 13.1 Å². The van der Waals surface area contributed by atoms with Crippen molar-refractivity contribution in [3.05, 3.63) is 36.0 Å². The number of aromatic amines is 1. The van der Waals surface area contributed by atoms with Gasteiger partial charge >= 0.3 is 0 Å². The summed E-state index contributed by atoms with van der Waals surface area (Å²) < 4.78 is 0. The number of rotatable bonds is 5. The molecule has 0 aliphatic carbocycles. The lowest BCUT2D eigenvalue weighted by molar-refractivity contribution is -0.122.